The maximum absolute atomic E-state index is 13.3. The van der Waals surface area contributed by atoms with Gasteiger partial charge in [0.05, 0.1) is 6.26 Å². The van der Waals surface area contributed by atoms with E-state index in [1.165, 1.54) is 24.3 Å². The van der Waals surface area contributed by atoms with Crippen molar-refractivity contribution in [3.8, 4) is 0 Å². The number of halogens is 4. The third kappa shape index (κ3) is 2.61. The third-order valence-electron chi connectivity index (χ3n) is 3.04. The lowest BCUT2D eigenvalue weighted by Crippen LogP contribution is -2.41. The number of carbonyl (C=O) groups is 1. The number of aromatic nitrogens is 2. The molecule has 0 aliphatic rings. The van der Waals surface area contributed by atoms with Crippen LogP contribution < -0.4 is 4.73 Å². The van der Waals surface area contributed by atoms with Gasteiger partial charge in [-0.2, -0.15) is 17.9 Å². The average molecular weight is 343 g/mol. The predicted molar refractivity (Wildman–Crippen MR) is 72.9 cm³/mol. The van der Waals surface area contributed by atoms with Gasteiger partial charge >= 0.3 is 11.9 Å². The van der Waals surface area contributed by atoms with Crippen LogP contribution in [0.2, 0.25) is 5.02 Å². The summed E-state index contributed by atoms with van der Waals surface area (Å²) in [5, 5.41) is 12.2. The molecule has 5 nitrogen and oxygen atoms in total. The second-order valence-corrected chi connectivity index (χ2v) is 4.98. The molecule has 1 aromatic carbocycles. The van der Waals surface area contributed by atoms with Crippen molar-refractivity contribution in [2.75, 3.05) is 0 Å². The monoisotopic (exact) mass is 342 g/mol. The molecule has 0 saturated carbocycles. The Labute approximate surface area is 131 Å². The predicted octanol–water partition coefficient (Wildman–Crippen LogP) is 3.36. The van der Waals surface area contributed by atoms with E-state index in [2.05, 4.69) is 4.98 Å². The highest BCUT2D eigenvalue weighted by Crippen LogP contribution is 2.31. The smallest absolute Gasteiger partial charge is 0.481 e. The molecule has 23 heavy (non-hydrogen) atoms. The Morgan fingerprint density at radius 3 is 2.65 bits per heavy atom. The van der Waals surface area contributed by atoms with Crippen LogP contribution in [0.1, 0.15) is 21.9 Å². The van der Waals surface area contributed by atoms with Crippen LogP contribution in [0.15, 0.2) is 41.0 Å². The van der Waals surface area contributed by atoms with E-state index in [1.54, 1.807) is 0 Å². The summed E-state index contributed by atoms with van der Waals surface area (Å²) in [6.45, 7) is 0. The molecule has 3 aromatic rings. The summed E-state index contributed by atoms with van der Waals surface area (Å²) in [7, 11) is 0. The molecule has 0 fully saturated rings. The lowest BCUT2D eigenvalue weighted by atomic mass is 10.1. The van der Waals surface area contributed by atoms with Gasteiger partial charge in [0.1, 0.15) is 5.52 Å². The molecule has 2 heterocycles. The second kappa shape index (κ2) is 5.24. The number of hydrogen-bond acceptors (Lipinski definition) is 4. The average Bonchev–Trinajstić information content (AvgIpc) is 2.99. The molecule has 0 aliphatic carbocycles. The van der Waals surface area contributed by atoms with E-state index in [4.69, 9.17) is 16.0 Å². The van der Waals surface area contributed by atoms with E-state index in [-0.39, 0.29) is 26.5 Å². The second-order valence-electron chi connectivity index (χ2n) is 4.54. The van der Waals surface area contributed by atoms with Crippen LogP contribution in [0.4, 0.5) is 13.2 Å². The van der Waals surface area contributed by atoms with Gasteiger partial charge < -0.3 is 9.62 Å². The van der Waals surface area contributed by atoms with Crippen LogP contribution in [0.5, 0.6) is 0 Å². The van der Waals surface area contributed by atoms with E-state index in [9.17, 15) is 23.2 Å². The first-order valence-electron chi connectivity index (χ1n) is 6.17. The summed E-state index contributed by atoms with van der Waals surface area (Å²) < 4.78 is 44.2. The molecule has 0 unspecified atom stereocenters. The summed E-state index contributed by atoms with van der Waals surface area (Å²) in [4.78, 5) is 15.9. The lowest BCUT2D eigenvalue weighted by molar-refractivity contribution is -0.603. The first-order valence-corrected chi connectivity index (χ1v) is 6.55. The summed E-state index contributed by atoms with van der Waals surface area (Å²) in [6, 6.07) is 6.18. The number of alkyl halides is 3. The Morgan fingerprint density at radius 2 is 2.04 bits per heavy atom. The zero-order chi connectivity index (χ0) is 16.8. The first-order chi connectivity index (χ1) is 10.8. The highest BCUT2D eigenvalue weighted by molar-refractivity contribution is 6.31. The Morgan fingerprint density at radius 1 is 1.30 bits per heavy atom. The van der Waals surface area contributed by atoms with Crippen LogP contribution in [-0.2, 0) is 6.18 Å². The number of rotatable bonds is 2. The molecule has 0 N–H and O–H groups in total. The van der Waals surface area contributed by atoms with Gasteiger partial charge in [0.25, 0.3) is 5.78 Å². The van der Waals surface area contributed by atoms with Crippen molar-refractivity contribution in [2.24, 2.45) is 0 Å². The van der Waals surface area contributed by atoms with Gasteiger partial charge in [-0.1, -0.05) is 11.6 Å². The number of fused-ring (bicyclic) bond motifs is 1. The summed E-state index contributed by atoms with van der Waals surface area (Å²) in [5.41, 5.74) is -3.22. The number of benzene rings is 1. The molecule has 0 bridgehead atoms. The first kappa shape index (κ1) is 15.3. The van der Waals surface area contributed by atoms with Crippen molar-refractivity contribution in [2.45, 2.75) is 6.18 Å². The van der Waals surface area contributed by atoms with E-state index < -0.39 is 23.3 Å². The fourth-order valence-corrected chi connectivity index (χ4v) is 2.24. The van der Waals surface area contributed by atoms with E-state index in [0.717, 1.165) is 12.3 Å². The quantitative estimate of drug-likeness (QED) is 0.407. The maximum Gasteiger partial charge on any atom is 0.481 e. The van der Waals surface area contributed by atoms with Gasteiger partial charge in [0.2, 0.25) is 5.52 Å². The number of furan rings is 1. The Balaban J connectivity index is 2.36. The van der Waals surface area contributed by atoms with Crippen LogP contribution in [0.25, 0.3) is 11.0 Å². The van der Waals surface area contributed by atoms with Crippen LogP contribution in [0, 0.1) is 5.21 Å². The van der Waals surface area contributed by atoms with Crippen LogP contribution in [-0.4, -0.2) is 10.8 Å². The van der Waals surface area contributed by atoms with Crippen molar-refractivity contribution in [1.82, 2.24) is 4.98 Å². The molecule has 0 aliphatic heterocycles. The minimum absolute atomic E-state index is 0.0714. The zero-order valence-corrected chi connectivity index (χ0v) is 11.9. The molecule has 0 atom stereocenters. The standard InChI is InChI=1S/C14H6ClF3N2O3/c15-7-3-4-8-9(6-7)20(22)13(14(16,17)18)11(19-8)12(21)10-2-1-5-23-10/h1-6H. The van der Waals surface area contributed by atoms with Crippen molar-refractivity contribution in [3.63, 3.8) is 0 Å². The van der Waals surface area contributed by atoms with Crippen molar-refractivity contribution in [1.29, 1.82) is 0 Å². The van der Waals surface area contributed by atoms with Gasteiger partial charge in [-0.25, -0.2) is 4.98 Å². The highest BCUT2D eigenvalue weighted by atomic mass is 35.5. The van der Waals surface area contributed by atoms with Gasteiger partial charge in [0.15, 0.2) is 11.5 Å². The van der Waals surface area contributed by atoms with E-state index in [0.29, 0.717) is 0 Å². The molecule has 0 saturated heterocycles. The van der Waals surface area contributed by atoms with Gasteiger partial charge in [0, 0.05) is 11.1 Å². The molecule has 9 heteroatoms. The van der Waals surface area contributed by atoms with Gasteiger partial charge in [-0.3, -0.25) is 4.79 Å². The molecule has 2 aromatic heterocycles. The molecular formula is C14H6ClF3N2O3. The third-order valence-corrected chi connectivity index (χ3v) is 3.28. The van der Waals surface area contributed by atoms with Crippen LogP contribution >= 0.6 is 11.6 Å². The number of nitrogens with zero attached hydrogens (tertiary/aromatic N) is 2. The number of carbonyl (C=O) groups excluding carboxylic acids is 1. The van der Waals surface area contributed by atoms with Crippen molar-refractivity contribution < 1.29 is 27.1 Å². The largest absolute Gasteiger partial charge is 0.618 e. The molecule has 3 rings (SSSR count). The van der Waals surface area contributed by atoms with E-state index >= 15 is 0 Å². The summed E-state index contributed by atoms with van der Waals surface area (Å²) in [5.74, 6) is -1.49. The minimum Gasteiger partial charge on any atom is -0.618 e. The molecule has 118 valence electrons. The molecule has 0 radical (unpaired) electrons. The van der Waals surface area contributed by atoms with Gasteiger partial charge in [-0.05, 0) is 24.3 Å². The minimum atomic E-state index is -5.08. The zero-order valence-electron chi connectivity index (χ0n) is 11.1. The molecule has 0 amide bonds. The van der Waals surface area contributed by atoms with Gasteiger partial charge in [-0.15, -0.1) is 0 Å². The van der Waals surface area contributed by atoms with E-state index in [1.807, 2.05) is 0 Å². The highest BCUT2D eigenvalue weighted by Gasteiger charge is 2.47. The van der Waals surface area contributed by atoms with Crippen molar-refractivity contribution >= 4 is 28.4 Å². The fraction of sp³-hybridized carbons (Fsp3) is 0.0714. The topological polar surface area (TPSA) is 70.0 Å². The number of hydrogen-bond donors (Lipinski definition) is 0. The molecule has 0 spiro atoms. The van der Waals surface area contributed by atoms with Crippen molar-refractivity contribution in [3.05, 3.63) is 64.0 Å². The Hall–Kier alpha value is -2.61. The summed E-state index contributed by atoms with van der Waals surface area (Å²) in [6.07, 6.45) is -3.95. The Bertz CT molecular complexity index is 908. The normalized spacial score (nSPS) is 11.8. The number of ketones is 1. The Kier molecular flexibility index (Phi) is 3.48. The summed E-state index contributed by atoms with van der Waals surface area (Å²) >= 11 is 5.70. The molecular weight excluding hydrogens is 337 g/mol. The SMILES string of the molecule is O=C(c1ccco1)c1nc2ccc(Cl)cc2[n+]([O-])c1C(F)(F)F. The lowest BCUT2D eigenvalue weighted by Gasteiger charge is -2.12. The maximum atomic E-state index is 13.3. The van der Waals surface area contributed by atoms with Crippen LogP contribution in [0.3, 0.4) is 0 Å². The fourth-order valence-electron chi connectivity index (χ4n) is 2.08.